The van der Waals surface area contributed by atoms with Gasteiger partial charge in [-0.15, -0.1) is 0 Å². The highest BCUT2D eigenvalue weighted by Crippen LogP contribution is 2.22. The van der Waals surface area contributed by atoms with Gasteiger partial charge in [0.25, 0.3) is 0 Å². The van der Waals surface area contributed by atoms with E-state index in [2.05, 4.69) is 38.2 Å². The molecule has 1 aromatic carbocycles. The predicted molar refractivity (Wildman–Crippen MR) is 88.1 cm³/mol. The van der Waals surface area contributed by atoms with E-state index in [1.54, 1.807) is 0 Å². The summed E-state index contributed by atoms with van der Waals surface area (Å²) in [6, 6.07) is 6.06. The molecule has 0 aromatic heterocycles. The highest BCUT2D eigenvalue weighted by molar-refractivity contribution is 7.80. The third-order valence-corrected chi connectivity index (χ3v) is 3.49. The summed E-state index contributed by atoms with van der Waals surface area (Å²) in [7, 11) is 4.14. The molecule has 3 N–H and O–H groups in total. The third kappa shape index (κ3) is 4.97. The van der Waals surface area contributed by atoms with Crippen LogP contribution in [0.2, 0.25) is 5.02 Å². The van der Waals surface area contributed by atoms with Crippen LogP contribution >= 0.6 is 23.8 Å². The first-order valence-electron chi connectivity index (χ1n) is 6.32. The molecule has 0 aliphatic heterocycles. The maximum Gasteiger partial charge on any atom is 0.105 e. The molecular formula is C14H22ClN3S. The fraction of sp³-hybridized carbons (Fsp3) is 0.500. The van der Waals surface area contributed by atoms with Crippen LogP contribution in [0.15, 0.2) is 18.2 Å². The Kier molecular flexibility index (Phi) is 6.04. The first-order valence-corrected chi connectivity index (χ1v) is 7.10. The Morgan fingerprint density at radius 1 is 1.42 bits per heavy atom. The quantitative estimate of drug-likeness (QED) is 0.793. The maximum atomic E-state index is 6.18. The molecule has 0 radical (unpaired) electrons. The summed E-state index contributed by atoms with van der Waals surface area (Å²) in [6.07, 6.45) is 0. The molecule has 0 amide bonds. The lowest BCUT2D eigenvalue weighted by atomic mass is 10.0. The topological polar surface area (TPSA) is 41.3 Å². The molecule has 5 heteroatoms. The number of halogens is 1. The van der Waals surface area contributed by atoms with Crippen molar-refractivity contribution in [3.8, 4) is 0 Å². The predicted octanol–water partition coefficient (Wildman–Crippen LogP) is 2.97. The Labute approximate surface area is 126 Å². The van der Waals surface area contributed by atoms with Gasteiger partial charge in [0.1, 0.15) is 4.99 Å². The number of hydrogen-bond donors (Lipinski definition) is 2. The summed E-state index contributed by atoms with van der Waals surface area (Å²) < 4.78 is 0. The van der Waals surface area contributed by atoms with Crippen molar-refractivity contribution in [3.63, 3.8) is 0 Å². The van der Waals surface area contributed by atoms with Gasteiger partial charge in [-0.3, -0.25) is 0 Å². The Balaban J connectivity index is 2.85. The van der Waals surface area contributed by atoms with Gasteiger partial charge in [-0.05, 0) is 38.2 Å². The number of nitrogens with zero attached hydrogens (tertiary/aromatic N) is 1. The summed E-state index contributed by atoms with van der Waals surface area (Å²) in [4.78, 5) is 2.49. The standard InChI is InChI=1S/C14H22ClN3S/c1-9(2)13(8-18(3)4)17-10-5-6-11(14(16)19)12(15)7-10/h5-7,9,13,17H,8H2,1-4H3,(H2,16,19). The fourth-order valence-electron chi connectivity index (χ4n) is 1.84. The van der Waals surface area contributed by atoms with E-state index in [-0.39, 0.29) is 0 Å². The van der Waals surface area contributed by atoms with Crippen LogP contribution in [0, 0.1) is 5.92 Å². The van der Waals surface area contributed by atoms with Crippen molar-refractivity contribution in [2.45, 2.75) is 19.9 Å². The van der Waals surface area contributed by atoms with Crippen molar-refractivity contribution in [2.75, 3.05) is 26.0 Å². The van der Waals surface area contributed by atoms with E-state index in [1.807, 2.05) is 18.2 Å². The number of nitrogens with two attached hydrogens (primary N) is 1. The minimum atomic E-state index is 0.324. The molecule has 0 spiro atoms. The van der Waals surface area contributed by atoms with Crippen molar-refractivity contribution >= 4 is 34.5 Å². The van der Waals surface area contributed by atoms with Crippen LogP contribution in [0.25, 0.3) is 0 Å². The van der Waals surface area contributed by atoms with Gasteiger partial charge in [-0.25, -0.2) is 0 Å². The summed E-state index contributed by atoms with van der Waals surface area (Å²) in [5.41, 5.74) is 7.31. The van der Waals surface area contributed by atoms with Gasteiger partial charge in [0.2, 0.25) is 0 Å². The molecule has 0 bridgehead atoms. The fourth-order valence-corrected chi connectivity index (χ4v) is 2.35. The molecule has 0 saturated heterocycles. The zero-order valence-corrected chi connectivity index (χ0v) is 13.5. The van der Waals surface area contributed by atoms with Crippen LogP contribution in [-0.4, -0.2) is 36.6 Å². The molecule has 3 nitrogen and oxygen atoms in total. The van der Waals surface area contributed by atoms with Crippen LogP contribution in [0.4, 0.5) is 5.69 Å². The third-order valence-electron chi connectivity index (χ3n) is 2.95. The lowest BCUT2D eigenvalue weighted by molar-refractivity contribution is 0.344. The molecule has 0 heterocycles. The number of anilines is 1. The number of rotatable bonds is 6. The van der Waals surface area contributed by atoms with Crippen LogP contribution in [0.3, 0.4) is 0 Å². The Bertz CT molecular complexity index is 446. The second kappa shape index (κ2) is 7.08. The second-order valence-corrected chi connectivity index (χ2v) is 6.16. The Morgan fingerprint density at radius 3 is 2.47 bits per heavy atom. The van der Waals surface area contributed by atoms with Gasteiger partial charge in [0.05, 0.1) is 5.02 Å². The lowest BCUT2D eigenvalue weighted by Gasteiger charge is -2.26. The van der Waals surface area contributed by atoms with E-state index >= 15 is 0 Å². The van der Waals surface area contributed by atoms with Crippen LogP contribution in [-0.2, 0) is 0 Å². The van der Waals surface area contributed by atoms with Crippen LogP contribution in [0.1, 0.15) is 19.4 Å². The number of hydrogen-bond acceptors (Lipinski definition) is 3. The first kappa shape index (κ1) is 16.2. The monoisotopic (exact) mass is 299 g/mol. The van der Waals surface area contributed by atoms with E-state index < -0.39 is 0 Å². The summed E-state index contributed by atoms with van der Waals surface area (Å²) in [6.45, 7) is 5.37. The Hall–Kier alpha value is -0.840. The molecule has 1 rings (SSSR count). The highest BCUT2D eigenvalue weighted by Gasteiger charge is 2.14. The van der Waals surface area contributed by atoms with Crippen molar-refractivity contribution in [1.82, 2.24) is 4.90 Å². The summed E-state index contributed by atoms with van der Waals surface area (Å²) >= 11 is 11.1. The minimum Gasteiger partial charge on any atom is -0.389 e. The minimum absolute atomic E-state index is 0.324. The van der Waals surface area contributed by atoms with Gasteiger partial charge in [-0.1, -0.05) is 37.7 Å². The van der Waals surface area contributed by atoms with Crippen molar-refractivity contribution < 1.29 is 0 Å². The van der Waals surface area contributed by atoms with Gasteiger partial charge < -0.3 is 16.0 Å². The van der Waals surface area contributed by atoms with Crippen LogP contribution < -0.4 is 11.1 Å². The largest absolute Gasteiger partial charge is 0.389 e. The highest BCUT2D eigenvalue weighted by atomic mass is 35.5. The molecule has 1 unspecified atom stereocenters. The van der Waals surface area contributed by atoms with E-state index in [0.717, 1.165) is 17.8 Å². The normalized spacial score (nSPS) is 12.8. The average Bonchev–Trinajstić information content (AvgIpc) is 2.26. The van der Waals surface area contributed by atoms with E-state index in [0.29, 0.717) is 22.0 Å². The maximum absolute atomic E-state index is 6.18. The number of benzene rings is 1. The van der Waals surface area contributed by atoms with Crippen molar-refractivity contribution in [1.29, 1.82) is 0 Å². The molecule has 0 saturated carbocycles. The number of thiocarbonyl (C=S) groups is 1. The molecular weight excluding hydrogens is 278 g/mol. The van der Waals surface area contributed by atoms with Gasteiger partial charge in [0.15, 0.2) is 0 Å². The van der Waals surface area contributed by atoms with Crippen molar-refractivity contribution in [3.05, 3.63) is 28.8 Å². The second-order valence-electron chi connectivity index (χ2n) is 5.32. The molecule has 106 valence electrons. The molecule has 1 atom stereocenters. The molecule has 1 aromatic rings. The number of nitrogens with one attached hydrogen (secondary N) is 1. The molecule has 19 heavy (non-hydrogen) atoms. The average molecular weight is 300 g/mol. The van der Waals surface area contributed by atoms with E-state index in [1.165, 1.54) is 0 Å². The van der Waals surface area contributed by atoms with Crippen molar-refractivity contribution in [2.24, 2.45) is 11.7 Å². The number of likely N-dealkylation sites (N-methyl/N-ethyl adjacent to an activating group) is 1. The molecule has 0 fully saturated rings. The summed E-state index contributed by atoms with van der Waals surface area (Å²) in [5.74, 6) is 0.524. The smallest absolute Gasteiger partial charge is 0.105 e. The zero-order chi connectivity index (χ0) is 14.6. The summed E-state index contributed by atoms with van der Waals surface area (Å²) in [5, 5.41) is 4.09. The van der Waals surface area contributed by atoms with E-state index in [9.17, 15) is 0 Å². The van der Waals surface area contributed by atoms with Gasteiger partial charge in [-0.2, -0.15) is 0 Å². The Morgan fingerprint density at radius 2 is 2.05 bits per heavy atom. The lowest BCUT2D eigenvalue weighted by Crippen LogP contribution is -2.36. The van der Waals surface area contributed by atoms with Gasteiger partial charge >= 0.3 is 0 Å². The molecule has 0 aliphatic rings. The molecule has 0 aliphatic carbocycles. The first-order chi connectivity index (χ1) is 8.81. The SMILES string of the molecule is CC(C)C(CN(C)C)Nc1ccc(C(N)=S)c(Cl)c1. The van der Waals surface area contributed by atoms with E-state index in [4.69, 9.17) is 29.6 Å². The zero-order valence-electron chi connectivity index (χ0n) is 11.9. The van der Waals surface area contributed by atoms with Gasteiger partial charge in [0, 0.05) is 23.8 Å². The van der Waals surface area contributed by atoms with Crippen LogP contribution in [0.5, 0.6) is 0 Å².